The number of halogens is 1. The number of ether oxygens (including phenoxy) is 2. The predicted molar refractivity (Wildman–Crippen MR) is 146 cm³/mol. The van der Waals surface area contributed by atoms with Crippen molar-refractivity contribution in [3.05, 3.63) is 83.4 Å². The van der Waals surface area contributed by atoms with Crippen molar-refractivity contribution in [1.82, 2.24) is 5.32 Å². The summed E-state index contributed by atoms with van der Waals surface area (Å²) in [5.41, 5.74) is 1.58. The van der Waals surface area contributed by atoms with Gasteiger partial charge in [0.25, 0.3) is 10.0 Å². The maximum atomic E-state index is 13.5. The Morgan fingerprint density at radius 2 is 1.67 bits per heavy atom. The summed E-state index contributed by atoms with van der Waals surface area (Å²) in [7, 11) is -1.15. The third-order valence-corrected chi connectivity index (χ3v) is 8.38. The minimum atomic E-state index is -4.06. The number of amides is 1. The van der Waals surface area contributed by atoms with E-state index in [1.807, 2.05) is 24.3 Å². The van der Waals surface area contributed by atoms with Gasteiger partial charge < -0.3 is 14.8 Å². The molecule has 0 saturated heterocycles. The number of carbonyl (C=O) groups excluding carboxylic acids is 1. The minimum absolute atomic E-state index is 0.00426. The summed E-state index contributed by atoms with van der Waals surface area (Å²) < 4.78 is 38.7. The summed E-state index contributed by atoms with van der Waals surface area (Å²) >= 11 is 7.67. The van der Waals surface area contributed by atoms with E-state index in [4.69, 9.17) is 21.1 Å². The Hall–Kier alpha value is -2.88. The van der Waals surface area contributed by atoms with Gasteiger partial charge in [0.15, 0.2) is 11.5 Å². The lowest BCUT2D eigenvalue weighted by Gasteiger charge is -2.24. The van der Waals surface area contributed by atoms with Crippen LogP contribution in [-0.2, 0) is 20.6 Å². The molecule has 192 valence electrons. The minimum Gasteiger partial charge on any atom is -0.493 e. The maximum absolute atomic E-state index is 13.5. The first-order chi connectivity index (χ1) is 17.3. The van der Waals surface area contributed by atoms with Gasteiger partial charge in [0.1, 0.15) is 6.54 Å². The number of carbonyl (C=O) groups is 1. The van der Waals surface area contributed by atoms with Crippen LogP contribution < -0.4 is 19.1 Å². The number of rotatable bonds is 13. The Labute approximate surface area is 221 Å². The van der Waals surface area contributed by atoms with E-state index in [-0.39, 0.29) is 23.1 Å². The highest BCUT2D eigenvalue weighted by molar-refractivity contribution is 7.98. The van der Waals surface area contributed by atoms with Gasteiger partial charge in [-0.05, 0) is 54.1 Å². The van der Waals surface area contributed by atoms with Crippen LogP contribution in [0.1, 0.15) is 12.0 Å². The number of nitrogens with one attached hydrogen (secondary N) is 1. The van der Waals surface area contributed by atoms with Crippen LogP contribution in [0.2, 0.25) is 5.02 Å². The summed E-state index contributed by atoms with van der Waals surface area (Å²) in [6.45, 7) is 0.101. The van der Waals surface area contributed by atoms with Crippen LogP contribution in [-0.4, -0.2) is 47.4 Å². The van der Waals surface area contributed by atoms with Gasteiger partial charge in [-0.25, -0.2) is 8.42 Å². The van der Waals surface area contributed by atoms with Crippen LogP contribution >= 0.6 is 23.4 Å². The van der Waals surface area contributed by atoms with E-state index in [0.29, 0.717) is 23.0 Å². The van der Waals surface area contributed by atoms with Crippen molar-refractivity contribution in [2.24, 2.45) is 0 Å². The van der Waals surface area contributed by atoms with E-state index >= 15 is 0 Å². The van der Waals surface area contributed by atoms with E-state index in [2.05, 4.69) is 5.32 Å². The van der Waals surface area contributed by atoms with Gasteiger partial charge in [0, 0.05) is 23.4 Å². The molecule has 0 fully saturated rings. The molecule has 1 amide bonds. The Kier molecular flexibility index (Phi) is 10.3. The molecule has 0 bridgehead atoms. The largest absolute Gasteiger partial charge is 0.493 e. The van der Waals surface area contributed by atoms with Crippen molar-refractivity contribution in [2.75, 3.05) is 37.4 Å². The van der Waals surface area contributed by atoms with Crippen molar-refractivity contribution in [3.8, 4) is 11.5 Å². The maximum Gasteiger partial charge on any atom is 0.264 e. The van der Waals surface area contributed by atoms with Crippen LogP contribution in [0.4, 0.5) is 5.69 Å². The molecule has 0 atom stereocenters. The third kappa shape index (κ3) is 7.56. The fourth-order valence-electron chi connectivity index (χ4n) is 3.37. The van der Waals surface area contributed by atoms with Gasteiger partial charge in [-0.15, -0.1) is 0 Å². The number of methoxy groups -OCH3 is 2. The summed E-state index contributed by atoms with van der Waals surface area (Å²) in [5.74, 6) is 2.03. The first-order valence-corrected chi connectivity index (χ1v) is 14.2. The van der Waals surface area contributed by atoms with Gasteiger partial charge in [0.05, 0.1) is 24.8 Å². The Bertz CT molecular complexity index is 1240. The number of thioether (sulfide) groups is 1. The lowest BCUT2D eigenvalue weighted by Crippen LogP contribution is -2.41. The summed E-state index contributed by atoms with van der Waals surface area (Å²) in [6, 6.07) is 20.6. The molecule has 0 spiro atoms. The number of hydrogen-bond acceptors (Lipinski definition) is 6. The molecule has 0 aromatic heterocycles. The van der Waals surface area contributed by atoms with Crippen molar-refractivity contribution in [3.63, 3.8) is 0 Å². The van der Waals surface area contributed by atoms with Crippen LogP contribution in [0.25, 0.3) is 0 Å². The molecule has 36 heavy (non-hydrogen) atoms. The zero-order chi connectivity index (χ0) is 26.0. The van der Waals surface area contributed by atoms with Crippen LogP contribution in [0, 0.1) is 0 Å². The lowest BCUT2D eigenvalue weighted by molar-refractivity contribution is -0.119. The highest BCUT2D eigenvalue weighted by Crippen LogP contribution is 2.32. The molecule has 3 aromatic rings. The van der Waals surface area contributed by atoms with Crippen LogP contribution in [0.15, 0.2) is 77.7 Å². The molecule has 3 aromatic carbocycles. The third-order valence-electron chi connectivity index (χ3n) is 5.24. The molecule has 7 nitrogen and oxygen atoms in total. The van der Waals surface area contributed by atoms with E-state index in [1.54, 1.807) is 42.1 Å². The monoisotopic (exact) mass is 548 g/mol. The standard InChI is InChI=1S/C26H29ClN2O5S2/c1-33-24-14-13-23(17-25(24)34-2)36(31,32)29(22-7-4-3-5-8-22)18-26(30)28-15-6-16-35-19-20-9-11-21(27)12-10-20/h3-5,7-14,17H,6,15-16,18-19H2,1-2H3,(H,28,30). The molecule has 0 aliphatic rings. The van der Waals surface area contributed by atoms with Crippen LogP contribution in [0.3, 0.4) is 0 Å². The van der Waals surface area contributed by atoms with Crippen molar-refractivity contribution < 1.29 is 22.7 Å². The van der Waals surface area contributed by atoms with E-state index in [0.717, 1.165) is 22.2 Å². The number of nitrogens with zero attached hydrogens (tertiary/aromatic N) is 1. The predicted octanol–water partition coefficient (Wildman–Crippen LogP) is 4.99. The molecule has 0 aliphatic carbocycles. The summed E-state index contributed by atoms with van der Waals surface area (Å²) in [4.78, 5) is 12.7. The molecule has 0 aliphatic heterocycles. The molecule has 10 heteroatoms. The number of para-hydroxylation sites is 1. The molecule has 3 rings (SSSR count). The molecule has 0 heterocycles. The fourth-order valence-corrected chi connectivity index (χ4v) is 5.86. The average molecular weight is 549 g/mol. The lowest BCUT2D eigenvalue weighted by atomic mass is 10.2. The van der Waals surface area contributed by atoms with E-state index < -0.39 is 10.0 Å². The topological polar surface area (TPSA) is 84.9 Å². The number of hydrogen-bond donors (Lipinski definition) is 1. The average Bonchev–Trinajstić information content (AvgIpc) is 2.90. The zero-order valence-corrected chi connectivity index (χ0v) is 22.5. The molecule has 0 saturated carbocycles. The van der Waals surface area contributed by atoms with Crippen molar-refractivity contribution in [2.45, 2.75) is 17.1 Å². The Morgan fingerprint density at radius 1 is 0.972 bits per heavy atom. The second kappa shape index (κ2) is 13.4. The molecular formula is C26H29ClN2O5S2. The quantitative estimate of drug-likeness (QED) is 0.303. The highest BCUT2D eigenvalue weighted by atomic mass is 35.5. The van der Waals surface area contributed by atoms with Gasteiger partial charge in [-0.2, -0.15) is 11.8 Å². The van der Waals surface area contributed by atoms with Crippen molar-refractivity contribution in [1.29, 1.82) is 0 Å². The number of benzene rings is 3. The Morgan fingerprint density at radius 3 is 2.33 bits per heavy atom. The van der Waals surface area contributed by atoms with Gasteiger partial charge >= 0.3 is 0 Å². The van der Waals surface area contributed by atoms with E-state index in [1.165, 1.54) is 38.0 Å². The number of sulfonamides is 1. The Balaban J connectivity index is 1.62. The van der Waals surface area contributed by atoms with Gasteiger partial charge in [-0.3, -0.25) is 9.10 Å². The highest BCUT2D eigenvalue weighted by Gasteiger charge is 2.28. The SMILES string of the molecule is COc1ccc(S(=O)(=O)N(CC(=O)NCCCSCc2ccc(Cl)cc2)c2ccccc2)cc1OC. The summed E-state index contributed by atoms with van der Waals surface area (Å²) in [5, 5.41) is 3.55. The molecule has 1 N–H and O–H groups in total. The second-order valence-corrected chi connectivity index (χ2v) is 11.2. The normalized spacial score (nSPS) is 11.1. The van der Waals surface area contributed by atoms with Crippen molar-refractivity contribution >= 4 is 45.0 Å². The molecule has 0 unspecified atom stereocenters. The fraction of sp³-hybridized carbons (Fsp3) is 0.269. The zero-order valence-electron chi connectivity index (χ0n) is 20.1. The van der Waals surface area contributed by atoms with Crippen LogP contribution in [0.5, 0.6) is 11.5 Å². The molecule has 0 radical (unpaired) electrons. The van der Waals surface area contributed by atoms with Gasteiger partial charge in [-0.1, -0.05) is 41.9 Å². The second-order valence-electron chi connectivity index (χ2n) is 7.75. The smallest absolute Gasteiger partial charge is 0.264 e. The first kappa shape index (κ1) is 27.7. The number of anilines is 1. The summed E-state index contributed by atoms with van der Waals surface area (Å²) in [6.07, 6.45) is 0.762. The molecular weight excluding hydrogens is 520 g/mol. The van der Waals surface area contributed by atoms with Gasteiger partial charge in [0.2, 0.25) is 5.91 Å². The van der Waals surface area contributed by atoms with E-state index in [9.17, 15) is 13.2 Å². The first-order valence-electron chi connectivity index (χ1n) is 11.2.